The molecule has 1 aliphatic heterocycles. The molecule has 0 saturated carbocycles. The number of ether oxygens (including phenoxy) is 1. The van der Waals surface area contributed by atoms with Crippen molar-refractivity contribution in [3.63, 3.8) is 0 Å². The predicted molar refractivity (Wildman–Crippen MR) is 142 cm³/mol. The van der Waals surface area contributed by atoms with E-state index >= 15 is 0 Å². The van der Waals surface area contributed by atoms with Gasteiger partial charge in [0.1, 0.15) is 6.54 Å². The number of rotatable bonds is 10. The molecule has 2 heterocycles. The van der Waals surface area contributed by atoms with Gasteiger partial charge in [0.25, 0.3) is 11.1 Å². The van der Waals surface area contributed by atoms with Crippen LogP contribution in [-0.2, 0) is 27.3 Å². The van der Waals surface area contributed by atoms with Crippen molar-refractivity contribution in [3.8, 4) is 0 Å². The van der Waals surface area contributed by atoms with Crippen LogP contribution in [0.1, 0.15) is 17.5 Å². The van der Waals surface area contributed by atoms with E-state index in [-0.39, 0.29) is 23.6 Å². The smallest absolute Gasteiger partial charge is 0.293 e. The maximum atomic E-state index is 13.0. The van der Waals surface area contributed by atoms with Gasteiger partial charge < -0.3 is 14.6 Å². The fraction of sp³-hybridized carbons (Fsp3) is 0.269. The highest BCUT2D eigenvalue weighted by atomic mass is 79.9. The summed E-state index contributed by atoms with van der Waals surface area (Å²) in [5.41, 5.74) is 2.72. The van der Waals surface area contributed by atoms with Crippen molar-refractivity contribution < 1.29 is 19.1 Å². The van der Waals surface area contributed by atoms with Crippen molar-refractivity contribution in [3.05, 3.63) is 75.2 Å². The molecule has 7 nitrogen and oxygen atoms in total. The average Bonchev–Trinajstić information content (AvgIpc) is 3.31. The lowest BCUT2D eigenvalue weighted by Crippen LogP contribution is -2.30. The molecule has 9 heteroatoms. The van der Waals surface area contributed by atoms with E-state index in [9.17, 15) is 14.4 Å². The summed E-state index contributed by atoms with van der Waals surface area (Å²) in [5.74, 6) is -0.392. The average molecular weight is 556 g/mol. The topological polar surface area (TPSA) is 80.6 Å². The highest BCUT2D eigenvalue weighted by Crippen LogP contribution is 2.35. The molecule has 3 amide bonds. The van der Waals surface area contributed by atoms with E-state index in [0.717, 1.165) is 44.7 Å². The molecular formula is C26H26BrN3O4S. The first kappa shape index (κ1) is 25.2. The number of thioether (sulfide) groups is 1. The van der Waals surface area contributed by atoms with E-state index < -0.39 is 0 Å². The second-order valence-electron chi connectivity index (χ2n) is 8.14. The lowest BCUT2D eigenvalue weighted by atomic mass is 10.1. The molecule has 1 aromatic heterocycles. The molecule has 0 aliphatic carbocycles. The van der Waals surface area contributed by atoms with E-state index in [1.807, 2.05) is 59.3 Å². The molecule has 35 heavy (non-hydrogen) atoms. The zero-order valence-electron chi connectivity index (χ0n) is 19.3. The molecule has 1 fully saturated rings. The van der Waals surface area contributed by atoms with Crippen molar-refractivity contribution in [1.29, 1.82) is 0 Å². The molecular weight excluding hydrogens is 530 g/mol. The van der Waals surface area contributed by atoms with Crippen LogP contribution in [0.2, 0.25) is 0 Å². The van der Waals surface area contributed by atoms with Crippen molar-refractivity contribution >= 4 is 61.7 Å². The summed E-state index contributed by atoms with van der Waals surface area (Å²) in [5, 5.41) is 3.52. The summed E-state index contributed by atoms with van der Waals surface area (Å²) in [4.78, 5) is 39.7. The SMILES string of the molecule is COCCCNC(=O)Cn1cc(/C=C2\SC(=O)N(CCc3ccccc3)C2=O)c2cc(Br)ccc21. The number of nitrogens with zero attached hydrogens (tertiary/aromatic N) is 2. The first-order chi connectivity index (χ1) is 17.0. The maximum absolute atomic E-state index is 13.0. The summed E-state index contributed by atoms with van der Waals surface area (Å²) in [6, 6.07) is 15.6. The number of carbonyl (C=O) groups excluding carboxylic acids is 3. The number of hydrogen-bond acceptors (Lipinski definition) is 5. The standard InChI is InChI=1S/C26H26BrN3O4S/c1-34-13-5-11-28-24(31)17-29-16-19(21-15-20(27)8-9-22(21)29)14-23-25(32)30(26(33)35-23)12-10-18-6-3-2-4-7-18/h2-4,6-9,14-16H,5,10-13,17H2,1H3,(H,28,31)/b23-14-. The molecule has 1 aliphatic rings. The molecule has 4 rings (SSSR count). The van der Waals surface area contributed by atoms with Crippen LogP contribution in [-0.4, -0.2) is 53.3 Å². The monoisotopic (exact) mass is 555 g/mol. The number of fused-ring (bicyclic) bond motifs is 1. The van der Waals surface area contributed by atoms with Crippen LogP contribution in [0, 0.1) is 0 Å². The van der Waals surface area contributed by atoms with Crippen LogP contribution in [0.5, 0.6) is 0 Å². The van der Waals surface area contributed by atoms with Crippen LogP contribution >= 0.6 is 27.7 Å². The normalized spacial score (nSPS) is 14.9. The van der Waals surface area contributed by atoms with E-state index in [4.69, 9.17) is 4.74 Å². The Hall–Kier alpha value is -2.88. The molecule has 2 aromatic carbocycles. The Morgan fingerprint density at radius 1 is 1.17 bits per heavy atom. The molecule has 0 bridgehead atoms. The van der Waals surface area contributed by atoms with Crippen LogP contribution in [0.15, 0.2) is 64.1 Å². The number of hydrogen-bond donors (Lipinski definition) is 1. The Morgan fingerprint density at radius 2 is 1.97 bits per heavy atom. The van der Waals surface area contributed by atoms with Gasteiger partial charge in [-0.2, -0.15) is 0 Å². The van der Waals surface area contributed by atoms with Gasteiger partial charge in [-0.15, -0.1) is 0 Å². The fourth-order valence-electron chi connectivity index (χ4n) is 3.92. The second-order valence-corrected chi connectivity index (χ2v) is 10.0. The van der Waals surface area contributed by atoms with E-state index in [1.54, 1.807) is 13.2 Å². The number of carbonyl (C=O) groups is 3. The molecule has 182 valence electrons. The van der Waals surface area contributed by atoms with E-state index in [2.05, 4.69) is 21.2 Å². The number of halogens is 1. The Kier molecular flexibility index (Phi) is 8.43. The third-order valence-electron chi connectivity index (χ3n) is 5.66. The van der Waals surface area contributed by atoms with Crippen molar-refractivity contribution in [2.45, 2.75) is 19.4 Å². The summed E-state index contributed by atoms with van der Waals surface area (Å²) >= 11 is 4.46. The fourth-order valence-corrected chi connectivity index (χ4v) is 5.13. The Bertz CT molecular complexity index is 1270. The number of aromatic nitrogens is 1. The van der Waals surface area contributed by atoms with Gasteiger partial charge >= 0.3 is 0 Å². The maximum Gasteiger partial charge on any atom is 0.293 e. The molecule has 0 spiro atoms. The molecule has 3 aromatic rings. The number of nitrogens with one attached hydrogen (secondary N) is 1. The minimum absolute atomic E-state index is 0.103. The first-order valence-corrected chi connectivity index (χ1v) is 12.9. The number of imide groups is 1. The van der Waals surface area contributed by atoms with E-state index in [0.29, 0.717) is 31.0 Å². The van der Waals surface area contributed by atoms with Crippen LogP contribution in [0.3, 0.4) is 0 Å². The molecule has 0 radical (unpaired) electrons. The summed E-state index contributed by atoms with van der Waals surface area (Å²) in [6.45, 7) is 1.62. The predicted octanol–water partition coefficient (Wildman–Crippen LogP) is 4.84. The van der Waals surface area contributed by atoms with Crippen molar-refractivity contribution in [2.75, 3.05) is 26.8 Å². The number of amides is 3. The van der Waals surface area contributed by atoms with Gasteiger partial charge in [0.15, 0.2) is 0 Å². The third kappa shape index (κ3) is 6.22. The van der Waals surface area contributed by atoms with Crippen molar-refractivity contribution in [2.24, 2.45) is 0 Å². The van der Waals surface area contributed by atoms with Gasteiger partial charge in [-0.3, -0.25) is 19.3 Å². The van der Waals surface area contributed by atoms with Crippen LogP contribution < -0.4 is 5.32 Å². The zero-order chi connectivity index (χ0) is 24.8. The third-order valence-corrected chi connectivity index (χ3v) is 7.06. The minimum atomic E-state index is -0.289. The minimum Gasteiger partial charge on any atom is -0.385 e. The zero-order valence-corrected chi connectivity index (χ0v) is 21.7. The summed E-state index contributed by atoms with van der Waals surface area (Å²) in [7, 11) is 1.63. The van der Waals surface area contributed by atoms with Gasteiger partial charge in [0.2, 0.25) is 5.91 Å². The van der Waals surface area contributed by atoms with E-state index in [1.165, 1.54) is 4.90 Å². The molecule has 0 atom stereocenters. The van der Waals surface area contributed by atoms with Gasteiger partial charge in [-0.25, -0.2) is 0 Å². The quantitative estimate of drug-likeness (QED) is 0.286. The second kappa shape index (κ2) is 11.7. The highest BCUT2D eigenvalue weighted by Gasteiger charge is 2.34. The largest absolute Gasteiger partial charge is 0.385 e. The van der Waals surface area contributed by atoms with Gasteiger partial charge in [-0.05, 0) is 54.4 Å². The van der Waals surface area contributed by atoms with Crippen LogP contribution in [0.25, 0.3) is 17.0 Å². The van der Waals surface area contributed by atoms with Crippen LogP contribution in [0.4, 0.5) is 4.79 Å². The van der Waals surface area contributed by atoms with Gasteiger partial charge in [0, 0.05) is 53.9 Å². The first-order valence-electron chi connectivity index (χ1n) is 11.3. The molecule has 0 unspecified atom stereocenters. The number of benzene rings is 2. The van der Waals surface area contributed by atoms with Gasteiger partial charge in [0.05, 0.1) is 4.91 Å². The van der Waals surface area contributed by atoms with Crippen molar-refractivity contribution in [1.82, 2.24) is 14.8 Å². The lowest BCUT2D eigenvalue weighted by molar-refractivity contribution is -0.123. The Labute approximate surface area is 216 Å². The Morgan fingerprint density at radius 3 is 2.74 bits per heavy atom. The lowest BCUT2D eigenvalue weighted by Gasteiger charge is -2.12. The molecule has 1 saturated heterocycles. The summed E-state index contributed by atoms with van der Waals surface area (Å²) < 4.78 is 7.76. The number of methoxy groups -OCH3 is 1. The molecule has 1 N–H and O–H groups in total. The Balaban J connectivity index is 1.53. The summed E-state index contributed by atoms with van der Waals surface area (Å²) in [6.07, 6.45) is 4.95. The highest BCUT2D eigenvalue weighted by molar-refractivity contribution is 9.10. The van der Waals surface area contributed by atoms with Gasteiger partial charge in [-0.1, -0.05) is 46.3 Å².